The third kappa shape index (κ3) is 1.95. The molecule has 3 rings (SSSR count). The van der Waals surface area contributed by atoms with E-state index in [4.69, 9.17) is 0 Å². The largest absolute Gasteiger partial charge is 0.351 e. The highest BCUT2D eigenvalue weighted by Gasteiger charge is 2.74. The molecular weight excluding hydrogens is 280 g/mol. The molecule has 0 spiro atoms. The summed E-state index contributed by atoms with van der Waals surface area (Å²) >= 11 is 0. The highest BCUT2D eigenvalue weighted by molar-refractivity contribution is 6.04. The van der Waals surface area contributed by atoms with Crippen molar-refractivity contribution in [3.05, 3.63) is 34.2 Å². The molecule has 1 amide bonds. The number of benzene rings is 1. The Hall–Kier alpha value is -2.18. The fourth-order valence-corrected chi connectivity index (χ4v) is 2.68. The van der Waals surface area contributed by atoms with Crippen LogP contribution in [0, 0.1) is 11.3 Å². The molecule has 1 unspecified atom stereocenters. The zero-order valence-corrected chi connectivity index (χ0v) is 11.6. The zero-order chi connectivity index (χ0) is 15.4. The third-order valence-electron chi connectivity index (χ3n) is 4.35. The quantitative estimate of drug-likeness (QED) is 0.808. The number of alkyl halides is 2. The Morgan fingerprint density at radius 3 is 2.62 bits per heavy atom. The van der Waals surface area contributed by atoms with E-state index in [1.807, 2.05) is 0 Å². The number of aromatic nitrogens is 2. The zero-order valence-electron chi connectivity index (χ0n) is 11.6. The molecule has 7 heteroatoms. The minimum absolute atomic E-state index is 0.0934. The number of carbonyl (C=O) groups is 1. The van der Waals surface area contributed by atoms with Crippen molar-refractivity contribution in [2.75, 3.05) is 6.54 Å². The number of imidazole rings is 1. The maximum absolute atomic E-state index is 13.5. The van der Waals surface area contributed by atoms with E-state index in [1.54, 1.807) is 12.1 Å². The Kier molecular flexibility index (Phi) is 2.73. The summed E-state index contributed by atoms with van der Waals surface area (Å²) in [6.45, 7) is 2.87. The molecule has 1 aliphatic rings. The van der Waals surface area contributed by atoms with Gasteiger partial charge in [0.05, 0.1) is 22.5 Å². The SMILES string of the molecule is CC1(C)C(CNC(=O)c2cccc3[nH]c(=O)[nH]c23)C1(F)F. The lowest BCUT2D eigenvalue weighted by Crippen LogP contribution is -2.27. The summed E-state index contributed by atoms with van der Waals surface area (Å²) in [6.07, 6.45) is 0. The van der Waals surface area contributed by atoms with Crippen LogP contribution in [0.15, 0.2) is 23.0 Å². The van der Waals surface area contributed by atoms with E-state index >= 15 is 0 Å². The molecule has 0 bridgehead atoms. The predicted molar refractivity (Wildman–Crippen MR) is 73.5 cm³/mol. The first-order chi connectivity index (χ1) is 9.75. The van der Waals surface area contributed by atoms with Gasteiger partial charge in [0.15, 0.2) is 0 Å². The number of halogens is 2. The molecule has 1 atom stereocenters. The number of amides is 1. The van der Waals surface area contributed by atoms with Gasteiger partial charge in [-0.25, -0.2) is 13.6 Å². The molecule has 1 aromatic heterocycles. The van der Waals surface area contributed by atoms with Gasteiger partial charge < -0.3 is 15.3 Å². The molecular formula is C14H15F2N3O2. The standard InChI is InChI=1S/C14H15F2N3O2/c1-13(2)9(14(13,15)16)6-17-11(20)7-4-3-5-8-10(7)19-12(21)18-8/h3-5,9H,6H2,1-2H3,(H,17,20)(H2,18,19,21). The maximum atomic E-state index is 13.5. The van der Waals surface area contributed by atoms with Crippen molar-refractivity contribution in [1.29, 1.82) is 0 Å². The molecule has 112 valence electrons. The van der Waals surface area contributed by atoms with Crippen LogP contribution < -0.4 is 11.0 Å². The van der Waals surface area contributed by atoms with Crippen LogP contribution in [0.4, 0.5) is 8.78 Å². The summed E-state index contributed by atoms with van der Waals surface area (Å²) in [5.41, 5.74) is -0.367. The van der Waals surface area contributed by atoms with Gasteiger partial charge >= 0.3 is 5.69 Å². The van der Waals surface area contributed by atoms with Crippen LogP contribution in [0.3, 0.4) is 0 Å². The first-order valence-corrected chi connectivity index (χ1v) is 6.62. The maximum Gasteiger partial charge on any atom is 0.323 e. The Bertz CT molecular complexity index is 762. The van der Waals surface area contributed by atoms with Crippen molar-refractivity contribution >= 4 is 16.9 Å². The molecule has 1 saturated carbocycles. The van der Waals surface area contributed by atoms with Crippen molar-refractivity contribution in [3.8, 4) is 0 Å². The van der Waals surface area contributed by atoms with Gasteiger partial charge in [0.2, 0.25) is 0 Å². The molecule has 3 N–H and O–H groups in total. The van der Waals surface area contributed by atoms with Crippen LogP contribution in [-0.4, -0.2) is 28.3 Å². The Labute approximate surface area is 118 Å². The summed E-state index contributed by atoms with van der Waals surface area (Å²) in [7, 11) is 0. The number of aromatic amines is 2. The van der Waals surface area contributed by atoms with Gasteiger partial charge in [0.1, 0.15) is 0 Å². The average molecular weight is 295 g/mol. The molecule has 1 fully saturated rings. The van der Waals surface area contributed by atoms with Gasteiger partial charge in [0, 0.05) is 12.0 Å². The average Bonchev–Trinajstić information content (AvgIpc) is 2.71. The van der Waals surface area contributed by atoms with Crippen LogP contribution in [0.2, 0.25) is 0 Å². The first-order valence-electron chi connectivity index (χ1n) is 6.62. The number of rotatable bonds is 3. The van der Waals surface area contributed by atoms with Crippen LogP contribution >= 0.6 is 0 Å². The highest BCUT2D eigenvalue weighted by Crippen LogP contribution is 2.65. The van der Waals surface area contributed by atoms with Gasteiger partial charge in [0.25, 0.3) is 11.8 Å². The molecule has 1 aliphatic carbocycles. The second-order valence-corrected chi connectivity index (χ2v) is 5.91. The summed E-state index contributed by atoms with van der Waals surface area (Å²) in [5, 5.41) is 2.52. The smallest absolute Gasteiger partial charge is 0.323 e. The fraction of sp³-hybridized carbons (Fsp3) is 0.429. The van der Waals surface area contributed by atoms with Crippen molar-refractivity contribution < 1.29 is 13.6 Å². The van der Waals surface area contributed by atoms with Crippen LogP contribution in [-0.2, 0) is 0 Å². The Morgan fingerprint density at radius 1 is 1.33 bits per heavy atom. The second-order valence-electron chi connectivity index (χ2n) is 5.91. The molecule has 5 nitrogen and oxygen atoms in total. The minimum atomic E-state index is -2.76. The van der Waals surface area contributed by atoms with Gasteiger partial charge in [-0.15, -0.1) is 0 Å². The van der Waals surface area contributed by atoms with Crippen LogP contribution in [0.25, 0.3) is 11.0 Å². The molecule has 1 heterocycles. The molecule has 2 aromatic rings. The molecule has 1 aromatic carbocycles. The predicted octanol–water partition coefficient (Wildman–Crippen LogP) is 1.88. The number of nitrogens with one attached hydrogen (secondary N) is 3. The van der Waals surface area contributed by atoms with Crippen molar-refractivity contribution in [3.63, 3.8) is 0 Å². The monoisotopic (exact) mass is 295 g/mol. The second kappa shape index (κ2) is 4.16. The van der Waals surface area contributed by atoms with Crippen LogP contribution in [0.5, 0.6) is 0 Å². The normalized spacial score (nSPS) is 22.2. The number of H-pyrrole nitrogens is 2. The summed E-state index contributed by atoms with van der Waals surface area (Å²) in [6, 6.07) is 4.82. The van der Waals surface area contributed by atoms with Crippen molar-refractivity contribution in [2.45, 2.75) is 19.8 Å². The van der Waals surface area contributed by atoms with Crippen LogP contribution in [0.1, 0.15) is 24.2 Å². The Balaban J connectivity index is 1.78. The van der Waals surface area contributed by atoms with Crippen molar-refractivity contribution in [2.24, 2.45) is 11.3 Å². The first kappa shape index (κ1) is 13.8. The molecule has 0 aliphatic heterocycles. The van der Waals surface area contributed by atoms with E-state index in [1.165, 1.54) is 19.9 Å². The molecule has 0 radical (unpaired) electrons. The van der Waals surface area contributed by atoms with Gasteiger partial charge in [-0.05, 0) is 12.1 Å². The van der Waals surface area contributed by atoms with Crippen molar-refractivity contribution in [1.82, 2.24) is 15.3 Å². The lowest BCUT2D eigenvalue weighted by atomic mass is 10.1. The highest BCUT2D eigenvalue weighted by atomic mass is 19.3. The van der Waals surface area contributed by atoms with Gasteiger partial charge in [-0.3, -0.25) is 4.79 Å². The van der Waals surface area contributed by atoms with E-state index in [9.17, 15) is 18.4 Å². The molecule has 0 saturated heterocycles. The summed E-state index contributed by atoms with van der Waals surface area (Å²) < 4.78 is 27.0. The van der Waals surface area contributed by atoms with E-state index in [0.29, 0.717) is 11.0 Å². The Morgan fingerprint density at radius 2 is 2.00 bits per heavy atom. The van der Waals surface area contributed by atoms with Gasteiger partial charge in [-0.2, -0.15) is 0 Å². The van der Waals surface area contributed by atoms with Gasteiger partial charge in [-0.1, -0.05) is 19.9 Å². The number of hydrogen-bond donors (Lipinski definition) is 3. The fourth-order valence-electron chi connectivity index (χ4n) is 2.68. The lowest BCUT2D eigenvalue weighted by Gasteiger charge is -2.06. The number of para-hydroxylation sites is 1. The number of fused-ring (bicyclic) bond motifs is 1. The molecule has 21 heavy (non-hydrogen) atoms. The lowest BCUT2D eigenvalue weighted by molar-refractivity contribution is 0.0661. The number of carbonyl (C=O) groups excluding carboxylic acids is 1. The van der Waals surface area contributed by atoms with E-state index in [-0.39, 0.29) is 12.1 Å². The third-order valence-corrected chi connectivity index (χ3v) is 4.35. The van der Waals surface area contributed by atoms with E-state index in [2.05, 4.69) is 15.3 Å². The summed E-state index contributed by atoms with van der Waals surface area (Å²) in [4.78, 5) is 28.5. The van der Waals surface area contributed by atoms with E-state index < -0.39 is 28.9 Å². The summed E-state index contributed by atoms with van der Waals surface area (Å²) in [5.74, 6) is -4.10. The number of hydrogen-bond acceptors (Lipinski definition) is 2. The van der Waals surface area contributed by atoms with E-state index in [0.717, 1.165) is 0 Å². The topological polar surface area (TPSA) is 77.8 Å². The minimum Gasteiger partial charge on any atom is -0.351 e.